The minimum atomic E-state index is 0.754. The second kappa shape index (κ2) is 4.43. The van der Waals surface area contributed by atoms with Crippen LogP contribution in [0.25, 0.3) is 22.0 Å². The van der Waals surface area contributed by atoms with Gasteiger partial charge in [0.15, 0.2) is 0 Å². The molecule has 0 amide bonds. The van der Waals surface area contributed by atoms with E-state index < -0.39 is 0 Å². The second-order valence-electron chi connectivity index (χ2n) is 4.43. The monoisotopic (exact) mass is 253 g/mol. The van der Waals surface area contributed by atoms with E-state index in [-0.39, 0.29) is 0 Å². The standard InChI is InChI=1S/C16H12ClN/c1-11-3-2-4-12(7-11)16-9-14-8-15(17)6-5-13(14)10-18-16/h2-10H,1H3. The third kappa shape index (κ3) is 2.09. The van der Waals surface area contributed by atoms with E-state index in [9.17, 15) is 0 Å². The van der Waals surface area contributed by atoms with Crippen LogP contribution in [0.2, 0.25) is 5.02 Å². The van der Waals surface area contributed by atoms with Crippen molar-refractivity contribution in [3.05, 3.63) is 65.3 Å². The Morgan fingerprint density at radius 2 is 1.83 bits per heavy atom. The molecular weight excluding hydrogens is 242 g/mol. The molecule has 18 heavy (non-hydrogen) atoms. The highest BCUT2D eigenvalue weighted by Gasteiger charge is 2.02. The topological polar surface area (TPSA) is 12.9 Å². The number of aryl methyl sites for hydroxylation is 1. The van der Waals surface area contributed by atoms with Gasteiger partial charge < -0.3 is 0 Å². The lowest BCUT2D eigenvalue weighted by atomic mass is 10.1. The van der Waals surface area contributed by atoms with Crippen LogP contribution in [0.4, 0.5) is 0 Å². The summed E-state index contributed by atoms with van der Waals surface area (Å²) >= 11 is 6.02. The summed E-state index contributed by atoms with van der Waals surface area (Å²) in [5, 5.41) is 2.98. The lowest BCUT2D eigenvalue weighted by Crippen LogP contribution is -1.85. The average Bonchev–Trinajstić information content (AvgIpc) is 2.38. The van der Waals surface area contributed by atoms with Gasteiger partial charge in [-0.05, 0) is 36.6 Å². The van der Waals surface area contributed by atoms with Gasteiger partial charge in [0, 0.05) is 22.2 Å². The number of pyridine rings is 1. The van der Waals surface area contributed by atoms with E-state index in [0.29, 0.717) is 0 Å². The molecule has 2 aromatic carbocycles. The van der Waals surface area contributed by atoms with Gasteiger partial charge >= 0.3 is 0 Å². The molecule has 2 heteroatoms. The zero-order valence-electron chi connectivity index (χ0n) is 10.0. The van der Waals surface area contributed by atoms with Gasteiger partial charge in [-0.25, -0.2) is 0 Å². The summed E-state index contributed by atoms with van der Waals surface area (Å²) < 4.78 is 0. The van der Waals surface area contributed by atoms with Gasteiger partial charge in [0.2, 0.25) is 0 Å². The fourth-order valence-corrected chi connectivity index (χ4v) is 2.25. The normalized spacial score (nSPS) is 10.8. The lowest BCUT2D eigenvalue weighted by molar-refractivity contribution is 1.34. The Morgan fingerprint density at radius 1 is 0.944 bits per heavy atom. The molecule has 0 N–H and O–H groups in total. The smallest absolute Gasteiger partial charge is 0.0708 e. The molecule has 0 fully saturated rings. The fourth-order valence-electron chi connectivity index (χ4n) is 2.07. The molecule has 0 saturated heterocycles. The van der Waals surface area contributed by atoms with Gasteiger partial charge in [-0.1, -0.05) is 41.4 Å². The fraction of sp³-hybridized carbons (Fsp3) is 0.0625. The Hall–Kier alpha value is -1.86. The number of hydrogen-bond donors (Lipinski definition) is 0. The molecule has 1 nitrogen and oxygen atoms in total. The summed E-state index contributed by atoms with van der Waals surface area (Å²) in [5.74, 6) is 0. The molecule has 0 aliphatic carbocycles. The van der Waals surface area contributed by atoms with E-state index >= 15 is 0 Å². The van der Waals surface area contributed by atoms with Gasteiger partial charge in [-0.3, -0.25) is 4.98 Å². The first-order chi connectivity index (χ1) is 8.72. The van der Waals surface area contributed by atoms with Crippen molar-refractivity contribution in [1.29, 1.82) is 0 Å². The first-order valence-electron chi connectivity index (χ1n) is 5.85. The van der Waals surface area contributed by atoms with Gasteiger partial charge in [-0.2, -0.15) is 0 Å². The van der Waals surface area contributed by atoms with Crippen LogP contribution >= 0.6 is 11.6 Å². The second-order valence-corrected chi connectivity index (χ2v) is 4.87. The van der Waals surface area contributed by atoms with Crippen LogP contribution in [0.15, 0.2) is 54.7 Å². The molecule has 0 aliphatic heterocycles. The molecule has 0 saturated carbocycles. The molecule has 0 aliphatic rings. The lowest BCUT2D eigenvalue weighted by Gasteiger charge is -2.04. The van der Waals surface area contributed by atoms with Gasteiger partial charge in [0.25, 0.3) is 0 Å². The summed E-state index contributed by atoms with van der Waals surface area (Å²) in [6, 6.07) is 16.3. The number of rotatable bonds is 1. The molecular formula is C16H12ClN. The summed E-state index contributed by atoms with van der Waals surface area (Å²) in [6.45, 7) is 2.08. The number of benzene rings is 2. The number of hydrogen-bond acceptors (Lipinski definition) is 1. The van der Waals surface area contributed by atoms with Crippen LogP contribution in [0, 0.1) is 6.92 Å². The quantitative estimate of drug-likeness (QED) is 0.603. The number of nitrogens with zero attached hydrogens (tertiary/aromatic N) is 1. The molecule has 3 aromatic rings. The predicted molar refractivity (Wildman–Crippen MR) is 76.9 cm³/mol. The molecule has 0 unspecified atom stereocenters. The summed E-state index contributed by atoms with van der Waals surface area (Å²) in [5.41, 5.74) is 3.35. The molecule has 0 spiro atoms. The Labute approximate surface area is 111 Å². The van der Waals surface area contributed by atoms with Crippen molar-refractivity contribution >= 4 is 22.4 Å². The van der Waals surface area contributed by atoms with Gasteiger partial charge in [0.1, 0.15) is 0 Å². The molecule has 1 aromatic heterocycles. The van der Waals surface area contributed by atoms with Crippen molar-refractivity contribution in [2.75, 3.05) is 0 Å². The number of aromatic nitrogens is 1. The van der Waals surface area contributed by atoms with Gasteiger partial charge in [-0.15, -0.1) is 0 Å². The van der Waals surface area contributed by atoms with Crippen LogP contribution in [0.5, 0.6) is 0 Å². The minimum Gasteiger partial charge on any atom is -0.256 e. The Balaban J connectivity index is 2.18. The van der Waals surface area contributed by atoms with E-state index in [1.54, 1.807) is 0 Å². The number of fused-ring (bicyclic) bond motifs is 1. The van der Waals surface area contributed by atoms with Crippen molar-refractivity contribution in [1.82, 2.24) is 4.98 Å². The van der Waals surface area contributed by atoms with Gasteiger partial charge in [0.05, 0.1) is 5.69 Å². The summed E-state index contributed by atoms with van der Waals surface area (Å²) in [4.78, 5) is 4.50. The molecule has 3 rings (SSSR count). The maximum absolute atomic E-state index is 6.02. The van der Waals surface area contributed by atoms with E-state index in [1.165, 1.54) is 5.56 Å². The largest absolute Gasteiger partial charge is 0.256 e. The summed E-state index contributed by atoms with van der Waals surface area (Å²) in [7, 11) is 0. The third-order valence-corrected chi connectivity index (χ3v) is 3.23. The van der Waals surface area contributed by atoms with E-state index in [2.05, 4.69) is 42.2 Å². The maximum atomic E-state index is 6.02. The predicted octanol–water partition coefficient (Wildman–Crippen LogP) is 4.86. The van der Waals surface area contributed by atoms with E-state index in [4.69, 9.17) is 11.6 Å². The third-order valence-electron chi connectivity index (χ3n) is 3.00. The molecule has 0 radical (unpaired) electrons. The molecule has 88 valence electrons. The van der Waals surface area contributed by atoms with Crippen LogP contribution in [-0.4, -0.2) is 4.98 Å². The zero-order chi connectivity index (χ0) is 12.5. The summed E-state index contributed by atoms with van der Waals surface area (Å²) in [6.07, 6.45) is 1.89. The van der Waals surface area contributed by atoms with E-state index in [1.807, 2.05) is 24.4 Å². The number of halogens is 1. The maximum Gasteiger partial charge on any atom is 0.0708 e. The molecule has 1 heterocycles. The Kier molecular flexibility index (Phi) is 2.77. The van der Waals surface area contributed by atoms with Crippen LogP contribution in [-0.2, 0) is 0 Å². The molecule has 0 bridgehead atoms. The first-order valence-corrected chi connectivity index (χ1v) is 6.22. The van der Waals surface area contributed by atoms with Crippen molar-refractivity contribution in [2.45, 2.75) is 6.92 Å². The Bertz CT molecular complexity index is 719. The highest BCUT2D eigenvalue weighted by atomic mass is 35.5. The van der Waals surface area contributed by atoms with Crippen LogP contribution in [0.1, 0.15) is 5.56 Å². The Morgan fingerprint density at radius 3 is 2.67 bits per heavy atom. The zero-order valence-corrected chi connectivity index (χ0v) is 10.8. The average molecular weight is 254 g/mol. The highest BCUT2D eigenvalue weighted by Crippen LogP contribution is 2.24. The first kappa shape index (κ1) is 11.2. The van der Waals surface area contributed by atoms with E-state index in [0.717, 1.165) is 27.1 Å². The van der Waals surface area contributed by atoms with Crippen molar-refractivity contribution in [3.8, 4) is 11.3 Å². The van der Waals surface area contributed by atoms with Crippen molar-refractivity contribution < 1.29 is 0 Å². The van der Waals surface area contributed by atoms with Crippen LogP contribution in [0.3, 0.4) is 0 Å². The minimum absolute atomic E-state index is 0.754. The highest BCUT2D eigenvalue weighted by molar-refractivity contribution is 6.31. The van der Waals surface area contributed by atoms with Crippen molar-refractivity contribution in [3.63, 3.8) is 0 Å². The SMILES string of the molecule is Cc1cccc(-c2cc3cc(Cl)ccc3cn2)c1. The van der Waals surface area contributed by atoms with Crippen molar-refractivity contribution in [2.24, 2.45) is 0 Å². The molecule has 0 atom stereocenters. The van der Waals surface area contributed by atoms with Crippen LogP contribution < -0.4 is 0 Å².